The Labute approximate surface area is 112 Å². The van der Waals surface area contributed by atoms with Gasteiger partial charge in [0.2, 0.25) is 5.91 Å². The van der Waals surface area contributed by atoms with E-state index in [0.717, 1.165) is 25.9 Å². The summed E-state index contributed by atoms with van der Waals surface area (Å²) in [5.74, 6) is 0.468. The number of nitrogens with one attached hydrogen (secondary N) is 2. The molecular formula is C14H19FN2O2. The molecule has 19 heavy (non-hydrogen) atoms. The average molecular weight is 266 g/mol. The molecule has 0 radical (unpaired) electrons. The molecule has 4 nitrogen and oxygen atoms in total. The highest BCUT2D eigenvalue weighted by atomic mass is 19.1. The maximum absolute atomic E-state index is 12.7. The molecule has 1 aromatic carbocycles. The van der Waals surface area contributed by atoms with Crippen LogP contribution in [0.3, 0.4) is 0 Å². The van der Waals surface area contributed by atoms with Crippen LogP contribution in [0.4, 0.5) is 4.39 Å². The Balaban J connectivity index is 1.63. The van der Waals surface area contributed by atoms with Gasteiger partial charge in [-0.15, -0.1) is 0 Å². The van der Waals surface area contributed by atoms with Crippen LogP contribution < -0.4 is 15.4 Å². The van der Waals surface area contributed by atoms with Crippen molar-refractivity contribution in [1.82, 2.24) is 10.6 Å². The number of carbonyl (C=O) groups is 1. The summed E-state index contributed by atoms with van der Waals surface area (Å²) in [6.07, 6.45) is 1.99. The van der Waals surface area contributed by atoms with Crippen LogP contribution in [0.2, 0.25) is 0 Å². The van der Waals surface area contributed by atoms with Crippen molar-refractivity contribution in [3.8, 4) is 5.75 Å². The molecule has 1 unspecified atom stereocenters. The minimum absolute atomic E-state index is 0.0690. The molecule has 104 valence electrons. The van der Waals surface area contributed by atoms with E-state index in [2.05, 4.69) is 10.6 Å². The minimum atomic E-state index is -0.287. The fourth-order valence-electron chi connectivity index (χ4n) is 2.09. The quantitative estimate of drug-likeness (QED) is 0.790. The normalized spacial score (nSPS) is 18.9. The lowest BCUT2D eigenvalue weighted by Crippen LogP contribution is -2.41. The SMILES string of the molecule is O=C(NCCOc1ccc(F)cc1)C1CCCNC1. The van der Waals surface area contributed by atoms with Crippen molar-refractivity contribution in [3.05, 3.63) is 30.1 Å². The Morgan fingerprint density at radius 3 is 2.89 bits per heavy atom. The third-order valence-corrected chi connectivity index (χ3v) is 3.15. The Bertz CT molecular complexity index is 402. The number of hydrogen-bond acceptors (Lipinski definition) is 3. The van der Waals surface area contributed by atoms with E-state index in [1.807, 2.05) is 0 Å². The Morgan fingerprint density at radius 1 is 1.42 bits per heavy atom. The van der Waals surface area contributed by atoms with E-state index in [4.69, 9.17) is 4.74 Å². The number of carbonyl (C=O) groups excluding carboxylic acids is 1. The smallest absolute Gasteiger partial charge is 0.224 e. The number of halogens is 1. The summed E-state index contributed by atoms with van der Waals surface area (Å²) in [5.41, 5.74) is 0. The lowest BCUT2D eigenvalue weighted by molar-refractivity contribution is -0.125. The first-order chi connectivity index (χ1) is 9.25. The van der Waals surface area contributed by atoms with Gasteiger partial charge in [0.15, 0.2) is 0 Å². The van der Waals surface area contributed by atoms with E-state index >= 15 is 0 Å². The predicted molar refractivity (Wildman–Crippen MR) is 70.5 cm³/mol. The molecule has 1 amide bonds. The summed E-state index contributed by atoms with van der Waals surface area (Å²) < 4.78 is 18.1. The first-order valence-electron chi connectivity index (χ1n) is 6.62. The summed E-state index contributed by atoms with van der Waals surface area (Å²) in [7, 11) is 0. The van der Waals surface area contributed by atoms with E-state index in [1.165, 1.54) is 12.1 Å². The van der Waals surface area contributed by atoms with Gasteiger partial charge in [-0.2, -0.15) is 0 Å². The molecule has 0 saturated carbocycles. The molecule has 1 fully saturated rings. The van der Waals surface area contributed by atoms with E-state index in [9.17, 15) is 9.18 Å². The molecule has 2 N–H and O–H groups in total. The monoisotopic (exact) mass is 266 g/mol. The second kappa shape index (κ2) is 7.09. The van der Waals surface area contributed by atoms with Gasteiger partial charge in [0, 0.05) is 6.54 Å². The zero-order chi connectivity index (χ0) is 13.5. The second-order valence-electron chi connectivity index (χ2n) is 4.64. The average Bonchev–Trinajstić information content (AvgIpc) is 2.46. The van der Waals surface area contributed by atoms with Gasteiger partial charge < -0.3 is 15.4 Å². The van der Waals surface area contributed by atoms with E-state index in [-0.39, 0.29) is 17.6 Å². The van der Waals surface area contributed by atoms with Gasteiger partial charge in [0.05, 0.1) is 12.5 Å². The number of rotatable bonds is 5. The molecule has 1 heterocycles. The minimum Gasteiger partial charge on any atom is -0.492 e. The van der Waals surface area contributed by atoms with Gasteiger partial charge in [-0.25, -0.2) is 4.39 Å². The van der Waals surface area contributed by atoms with Gasteiger partial charge in [-0.05, 0) is 43.7 Å². The molecule has 2 rings (SSSR count). The third kappa shape index (κ3) is 4.52. The van der Waals surface area contributed by atoms with Crippen LogP contribution in [-0.2, 0) is 4.79 Å². The Hall–Kier alpha value is -1.62. The van der Waals surface area contributed by atoms with Gasteiger partial charge in [-0.3, -0.25) is 4.79 Å². The Kier molecular flexibility index (Phi) is 5.15. The van der Waals surface area contributed by atoms with Crippen LogP contribution in [0.25, 0.3) is 0 Å². The van der Waals surface area contributed by atoms with Gasteiger partial charge in [0.1, 0.15) is 18.2 Å². The van der Waals surface area contributed by atoms with Crippen molar-refractivity contribution in [2.24, 2.45) is 5.92 Å². The highest BCUT2D eigenvalue weighted by Gasteiger charge is 2.20. The highest BCUT2D eigenvalue weighted by molar-refractivity contribution is 5.78. The fraction of sp³-hybridized carbons (Fsp3) is 0.500. The summed E-state index contributed by atoms with van der Waals surface area (Å²) >= 11 is 0. The number of hydrogen-bond donors (Lipinski definition) is 2. The van der Waals surface area contributed by atoms with E-state index in [1.54, 1.807) is 12.1 Å². The van der Waals surface area contributed by atoms with E-state index < -0.39 is 0 Å². The molecule has 0 spiro atoms. The molecule has 5 heteroatoms. The largest absolute Gasteiger partial charge is 0.492 e. The molecule has 0 aliphatic carbocycles. The maximum atomic E-state index is 12.7. The molecule has 1 aliphatic rings. The predicted octanol–water partition coefficient (Wildman–Crippen LogP) is 1.32. The van der Waals surface area contributed by atoms with Crippen LogP contribution in [-0.4, -0.2) is 32.1 Å². The molecule has 0 aromatic heterocycles. The third-order valence-electron chi connectivity index (χ3n) is 3.15. The number of amides is 1. The van der Waals surface area contributed by atoms with Gasteiger partial charge in [-0.1, -0.05) is 0 Å². The molecule has 1 saturated heterocycles. The molecule has 0 bridgehead atoms. The standard InChI is InChI=1S/C14H19FN2O2/c15-12-3-5-13(6-4-12)19-9-8-17-14(18)11-2-1-7-16-10-11/h3-6,11,16H,1-2,7-10H2,(H,17,18). The lowest BCUT2D eigenvalue weighted by atomic mass is 9.99. The Morgan fingerprint density at radius 2 is 2.21 bits per heavy atom. The van der Waals surface area contributed by atoms with Crippen molar-refractivity contribution < 1.29 is 13.9 Å². The summed E-state index contributed by atoms with van der Waals surface area (Å²) in [5, 5.41) is 6.07. The van der Waals surface area contributed by atoms with Crippen LogP contribution >= 0.6 is 0 Å². The molecule has 1 aliphatic heterocycles. The summed E-state index contributed by atoms with van der Waals surface area (Å²) in [4.78, 5) is 11.8. The molecular weight excluding hydrogens is 247 g/mol. The van der Waals surface area contributed by atoms with Crippen molar-refractivity contribution in [3.63, 3.8) is 0 Å². The van der Waals surface area contributed by atoms with Crippen LogP contribution in [0.5, 0.6) is 5.75 Å². The van der Waals surface area contributed by atoms with Crippen molar-refractivity contribution in [2.45, 2.75) is 12.8 Å². The number of benzene rings is 1. The second-order valence-corrected chi connectivity index (χ2v) is 4.64. The van der Waals surface area contributed by atoms with Crippen molar-refractivity contribution >= 4 is 5.91 Å². The highest BCUT2D eigenvalue weighted by Crippen LogP contribution is 2.11. The molecule has 1 aromatic rings. The van der Waals surface area contributed by atoms with Gasteiger partial charge in [0.25, 0.3) is 0 Å². The topological polar surface area (TPSA) is 50.4 Å². The van der Waals surface area contributed by atoms with Crippen LogP contribution in [0.1, 0.15) is 12.8 Å². The van der Waals surface area contributed by atoms with Gasteiger partial charge >= 0.3 is 0 Å². The maximum Gasteiger partial charge on any atom is 0.224 e. The summed E-state index contributed by atoms with van der Waals surface area (Å²) in [6, 6.07) is 5.84. The summed E-state index contributed by atoms with van der Waals surface area (Å²) in [6.45, 7) is 2.60. The fourth-order valence-corrected chi connectivity index (χ4v) is 2.09. The zero-order valence-corrected chi connectivity index (χ0v) is 10.8. The number of piperidine rings is 1. The first-order valence-corrected chi connectivity index (χ1v) is 6.62. The zero-order valence-electron chi connectivity index (χ0n) is 10.8. The van der Waals surface area contributed by atoms with Crippen molar-refractivity contribution in [1.29, 1.82) is 0 Å². The lowest BCUT2D eigenvalue weighted by Gasteiger charge is -2.21. The van der Waals surface area contributed by atoms with E-state index in [0.29, 0.717) is 18.9 Å². The number of ether oxygens (including phenoxy) is 1. The molecule has 1 atom stereocenters. The van der Waals surface area contributed by atoms with Crippen LogP contribution in [0, 0.1) is 11.7 Å². The van der Waals surface area contributed by atoms with Crippen LogP contribution in [0.15, 0.2) is 24.3 Å². The first kappa shape index (κ1) is 13.8. The van der Waals surface area contributed by atoms with Crippen molar-refractivity contribution in [2.75, 3.05) is 26.2 Å².